The largest absolute Gasteiger partial charge is 0.508 e. The molecule has 3 rings (SSSR count). The van der Waals surface area contributed by atoms with Crippen molar-refractivity contribution in [2.24, 2.45) is 0 Å². The quantitative estimate of drug-likeness (QED) is 0.908. The predicted molar refractivity (Wildman–Crippen MR) is 75.7 cm³/mol. The fourth-order valence-electron chi connectivity index (χ4n) is 1.94. The number of nitrogens with one attached hydrogen (secondary N) is 1. The van der Waals surface area contributed by atoms with Gasteiger partial charge >= 0.3 is 0 Å². The van der Waals surface area contributed by atoms with E-state index in [1.54, 1.807) is 18.2 Å². The fourth-order valence-corrected chi connectivity index (χ4v) is 2.55. The summed E-state index contributed by atoms with van der Waals surface area (Å²) in [6.07, 6.45) is 0. The number of anilines is 1. The highest BCUT2D eigenvalue weighted by Gasteiger charge is 2.17. The van der Waals surface area contributed by atoms with E-state index in [1.807, 2.05) is 18.2 Å². The number of hydrogen-bond donors (Lipinski definition) is 2. The summed E-state index contributed by atoms with van der Waals surface area (Å²) in [5.41, 5.74) is 1.94. The van der Waals surface area contributed by atoms with Crippen LogP contribution in [-0.4, -0.2) is 11.9 Å². The highest BCUT2D eigenvalue weighted by molar-refractivity contribution is 9.10. The van der Waals surface area contributed by atoms with Gasteiger partial charge in [-0.15, -0.1) is 0 Å². The highest BCUT2D eigenvalue weighted by atomic mass is 79.9. The summed E-state index contributed by atoms with van der Waals surface area (Å²) in [6.45, 7) is 0.899. The molecule has 2 N–H and O–H groups in total. The van der Waals surface area contributed by atoms with Crippen LogP contribution in [0.3, 0.4) is 0 Å². The molecule has 0 spiro atoms. The van der Waals surface area contributed by atoms with Crippen molar-refractivity contribution in [1.29, 1.82) is 0 Å². The van der Waals surface area contributed by atoms with E-state index in [0.29, 0.717) is 6.54 Å². The molecule has 0 saturated carbocycles. The zero-order valence-corrected chi connectivity index (χ0v) is 11.6. The molecule has 1 aliphatic heterocycles. The van der Waals surface area contributed by atoms with E-state index in [0.717, 1.165) is 27.2 Å². The molecule has 5 heteroatoms. The number of hydrogen-bond acceptors (Lipinski definition) is 4. The molecular weight excluding hydrogens is 310 g/mol. The van der Waals surface area contributed by atoms with Crippen molar-refractivity contribution in [2.75, 3.05) is 12.1 Å². The lowest BCUT2D eigenvalue weighted by molar-refractivity contribution is 0.173. The molecule has 1 aliphatic rings. The minimum absolute atomic E-state index is 0.247. The summed E-state index contributed by atoms with van der Waals surface area (Å²) in [5, 5.41) is 12.6. The van der Waals surface area contributed by atoms with Gasteiger partial charge < -0.3 is 19.9 Å². The van der Waals surface area contributed by atoms with Crippen LogP contribution in [0.5, 0.6) is 17.2 Å². The van der Waals surface area contributed by atoms with E-state index >= 15 is 0 Å². The van der Waals surface area contributed by atoms with Gasteiger partial charge in [0.15, 0.2) is 11.5 Å². The molecule has 98 valence electrons. The van der Waals surface area contributed by atoms with Gasteiger partial charge in [-0.05, 0) is 45.8 Å². The number of benzene rings is 2. The second kappa shape index (κ2) is 5.01. The third-order valence-corrected chi connectivity index (χ3v) is 3.42. The zero-order valence-electron chi connectivity index (χ0n) is 10.0. The monoisotopic (exact) mass is 321 g/mol. The molecular formula is C14H12BrNO3. The Morgan fingerprint density at radius 1 is 1.21 bits per heavy atom. The molecule has 0 amide bonds. The third kappa shape index (κ3) is 2.61. The molecule has 0 aromatic heterocycles. The van der Waals surface area contributed by atoms with Crippen molar-refractivity contribution in [3.63, 3.8) is 0 Å². The smallest absolute Gasteiger partial charge is 0.231 e. The van der Waals surface area contributed by atoms with Gasteiger partial charge in [0.05, 0.1) is 4.47 Å². The Morgan fingerprint density at radius 2 is 2.11 bits per heavy atom. The highest BCUT2D eigenvalue weighted by Crippen LogP contribution is 2.40. The number of phenolic OH excluding ortho intramolecular Hbond substituents is 1. The van der Waals surface area contributed by atoms with Gasteiger partial charge in [0.2, 0.25) is 6.79 Å². The lowest BCUT2D eigenvalue weighted by Crippen LogP contribution is -1.99. The Bertz CT molecular complexity index is 616. The summed E-state index contributed by atoms with van der Waals surface area (Å²) in [5.74, 6) is 1.75. The van der Waals surface area contributed by atoms with Crippen LogP contribution in [0, 0.1) is 0 Å². The molecule has 2 aromatic carbocycles. The molecule has 0 bridgehead atoms. The Morgan fingerprint density at radius 3 is 2.95 bits per heavy atom. The average molecular weight is 322 g/mol. The molecule has 0 unspecified atom stereocenters. The van der Waals surface area contributed by atoms with E-state index in [9.17, 15) is 5.11 Å². The molecule has 0 atom stereocenters. The molecule has 0 aliphatic carbocycles. The second-order valence-corrected chi connectivity index (χ2v) is 5.07. The lowest BCUT2D eigenvalue weighted by Gasteiger charge is -2.08. The lowest BCUT2D eigenvalue weighted by atomic mass is 10.2. The van der Waals surface area contributed by atoms with Crippen LogP contribution >= 0.6 is 15.9 Å². The minimum atomic E-state index is 0.247. The van der Waals surface area contributed by atoms with Gasteiger partial charge in [-0.3, -0.25) is 0 Å². The maximum Gasteiger partial charge on any atom is 0.231 e. The van der Waals surface area contributed by atoms with E-state index in [1.165, 1.54) is 0 Å². The van der Waals surface area contributed by atoms with Crippen LogP contribution in [0.1, 0.15) is 5.56 Å². The summed E-state index contributed by atoms with van der Waals surface area (Å²) in [6, 6.07) is 11.0. The molecule has 4 nitrogen and oxygen atoms in total. The molecule has 2 aromatic rings. The number of rotatable bonds is 3. The van der Waals surface area contributed by atoms with Crippen LogP contribution in [0.25, 0.3) is 0 Å². The first-order valence-corrected chi connectivity index (χ1v) is 6.62. The van der Waals surface area contributed by atoms with E-state index in [-0.39, 0.29) is 12.5 Å². The third-order valence-electron chi connectivity index (χ3n) is 2.83. The predicted octanol–water partition coefficient (Wildman–Crippen LogP) is 3.50. The first kappa shape index (κ1) is 12.2. The number of halogens is 1. The van der Waals surface area contributed by atoms with Crippen LogP contribution in [0.2, 0.25) is 0 Å². The van der Waals surface area contributed by atoms with E-state index in [2.05, 4.69) is 21.2 Å². The van der Waals surface area contributed by atoms with Crippen molar-refractivity contribution in [1.82, 2.24) is 0 Å². The summed E-state index contributed by atoms with van der Waals surface area (Å²) >= 11 is 3.46. The number of phenols is 1. The molecule has 0 saturated heterocycles. The van der Waals surface area contributed by atoms with Gasteiger partial charge in [-0.2, -0.15) is 0 Å². The molecule has 1 heterocycles. The molecule has 0 fully saturated rings. The van der Waals surface area contributed by atoms with Crippen molar-refractivity contribution < 1.29 is 14.6 Å². The second-order valence-electron chi connectivity index (χ2n) is 4.22. The van der Waals surface area contributed by atoms with E-state index < -0.39 is 0 Å². The van der Waals surface area contributed by atoms with Gasteiger partial charge in [0.25, 0.3) is 0 Å². The fraction of sp³-hybridized carbons (Fsp3) is 0.143. The standard InChI is InChI=1S/C14H12BrNO3/c15-12-4-9(5-13-14(12)19-8-18-13)7-16-10-2-1-3-11(17)6-10/h1-6,16-17H,7-8H2. The van der Waals surface area contributed by atoms with Crippen molar-refractivity contribution >= 4 is 21.6 Å². The Hall–Kier alpha value is -1.88. The number of aromatic hydroxyl groups is 1. The number of fused-ring (bicyclic) bond motifs is 1. The van der Waals surface area contributed by atoms with Gasteiger partial charge in [-0.1, -0.05) is 6.07 Å². The minimum Gasteiger partial charge on any atom is -0.508 e. The Balaban J connectivity index is 1.76. The Labute approximate surface area is 119 Å². The Kier molecular flexibility index (Phi) is 3.21. The van der Waals surface area contributed by atoms with Crippen molar-refractivity contribution in [3.8, 4) is 17.2 Å². The van der Waals surface area contributed by atoms with Crippen LogP contribution < -0.4 is 14.8 Å². The van der Waals surface area contributed by atoms with Gasteiger partial charge in [0, 0.05) is 18.3 Å². The number of ether oxygens (including phenoxy) is 2. The topological polar surface area (TPSA) is 50.7 Å². The maximum absolute atomic E-state index is 9.40. The van der Waals surface area contributed by atoms with Crippen LogP contribution in [-0.2, 0) is 6.54 Å². The zero-order chi connectivity index (χ0) is 13.2. The normalized spacial score (nSPS) is 12.5. The van der Waals surface area contributed by atoms with Crippen molar-refractivity contribution in [2.45, 2.75) is 6.54 Å². The molecule has 19 heavy (non-hydrogen) atoms. The maximum atomic E-state index is 9.40. The van der Waals surface area contributed by atoms with Gasteiger partial charge in [0.1, 0.15) is 5.75 Å². The van der Waals surface area contributed by atoms with Gasteiger partial charge in [-0.25, -0.2) is 0 Å². The average Bonchev–Trinajstić information content (AvgIpc) is 2.85. The van der Waals surface area contributed by atoms with Crippen molar-refractivity contribution in [3.05, 3.63) is 46.4 Å². The first-order chi connectivity index (χ1) is 9.22. The summed E-state index contributed by atoms with van der Waals surface area (Å²) in [4.78, 5) is 0. The summed E-state index contributed by atoms with van der Waals surface area (Å²) < 4.78 is 11.6. The van der Waals surface area contributed by atoms with Crippen LogP contribution in [0.15, 0.2) is 40.9 Å². The SMILES string of the molecule is Oc1cccc(NCc2cc(Br)c3c(c2)OCO3)c1. The van der Waals surface area contributed by atoms with Crippen LogP contribution in [0.4, 0.5) is 5.69 Å². The first-order valence-electron chi connectivity index (χ1n) is 5.83. The molecule has 0 radical (unpaired) electrons. The van der Waals surface area contributed by atoms with E-state index in [4.69, 9.17) is 9.47 Å². The summed E-state index contributed by atoms with van der Waals surface area (Å²) in [7, 11) is 0.